The van der Waals surface area contributed by atoms with Crippen LogP contribution in [0.3, 0.4) is 0 Å². The Morgan fingerprint density at radius 3 is 2.57 bits per heavy atom. The van der Waals surface area contributed by atoms with Gasteiger partial charge in [0.25, 0.3) is 0 Å². The first-order valence-corrected chi connectivity index (χ1v) is 8.02. The van der Waals surface area contributed by atoms with Crippen molar-refractivity contribution in [3.8, 4) is 0 Å². The van der Waals surface area contributed by atoms with Crippen molar-refractivity contribution in [3.05, 3.63) is 47.4 Å². The number of halogens is 1. The predicted octanol–water partition coefficient (Wildman–Crippen LogP) is 0.267. The zero-order valence-electron chi connectivity index (χ0n) is 12.3. The highest BCUT2D eigenvalue weighted by atomic mass is 32.2. The number of hydrogen-bond donors (Lipinski definition) is 1. The lowest BCUT2D eigenvalue weighted by molar-refractivity contribution is -0.119. The molecule has 0 fully saturated rings. The standard InChI is InChI=1S/C14H15FN2O5S/c1-22-7-6-17-13(14(19)9-18)8-12(16-23(17,20)21)10-2-4-11(15)5-3-10/h2-5,8,18H,6-7,9H2,1H3. The number of carbonyl (C=O) groups excluding carboxylic acids is 1. The van der Waals surface area contributed by atoms with E-state index < -0.39 is 28.4 Å². The lowest BCUT2D eigenvalue weighted by Crippen LogP contribution is -2.39. The van der Waals surface area contributed by atoms with Gasteiger partial charge in [0, 0.05) is 12.7 Å². The maximum Gasteiger partial charge on any atom is 0.345 e. The van der Waals surface area contributed by atoms with Crippen molar-refractivity contribution in [1.29, 1.82) is 0 Å². The second kappa shape index (κ2) is 6.99. The van der Waals surface area contributed by atoms with Crippen LogP contribution in [0, 0.1) is 5.82 Å². The second-order valence-corrected chi connectivity index (χ2v) is 6.16. The van der Waals surface area contributed by atoms with Gasteiger partial charge in [-0.3, -0.25) is 4.79 Å². The number of methoxy groups -OCH3 is 1. The number of Topliss-reactive ketones (excluding diaryl/α,β-unsaturated/α-hetero) is 1. The van der Waals surface area contributed by atoms with Crippen LogP contribution in [-0.2, 0) is 19.7 Å². The molecule has 7 nitrogen and oxygen atoms in total. The molecule has 9 heteroatoms. The van der Waals surface area contributed by atoms with E-state index in [-0.39, 0.29) is 24.6 Å². The smallest absolute Gasteiger partial charge is 0.345 e. The maximum atomic E-state index is 13.0. The summed E-state index contributed by atoms with van der Waals surface area (Å²) in [6, 6.07) is 5.02. The van der Waals surface area contributed by atoms with E-state index in [1.807, 2.05) is 0 Å². The number of carbonyl (C=O) groups is 1. The molecule has 0 amide bonds. The summed E-state index contributed by atoms with van der Waals surface area (Å²) in [5, 5.41) is 9.06. The number of ether oxygens (including phenoxy) is 1. The van der Waals surface area contributed by atoms with Gasteiger partial charge in [0.05, 0.1) is 18.9 Å². The highest BCUT2D eigenvalue weighted by Gasteiger charge is 2.32. The Bertz CT molecular complexity index is 756. The van der Waals surface area contributed by atoms with Crippen molar-refractivity contribution in [2.45, 2.75) is 0 Å². The average Bonchev–Trinajstić information content (AvgIpc) is 2.52. The van der Waals surface area contributed by atoms with Gasteiger partial charge < -0.3 is 9.84 Å². The lowest BCUT2D eigenvalue weighted by atomic mass is 10.1. The van der Waals surface area contributed by atoms with Crippen molar-refractivity contribution < 1.29 is 27.4 Å². The van der Waals surface area contributed by atoms with E-state index in [0.717, 1.165) is 16.4 Å². The highest BCUT2D eigenvalue weighted by Crippen LogP contribution is 2.22. The minimum atomic E-state index is -4.16. The summed E-state index contributed by atoms with van der Waals surface area (Å²) in [6.45, 7) is -0.908. The van der Waals surface area contributed by atoms with Gasteiger partial charge in [-0.15, -0.1) is 4.40 Å². The van der Waals surface area contributed by atoms with Crippen LogP contribution in [0.5, 0.6) is 0 Å². The Hall–Kier alpha value is -2.10. The molecule has 1 aliphatic rings. The second-order valence-electron chi connectivity index (χ2n) is 4.64. The highest BCUT2D eigenvalue weighted by molar-refractivity contribution is 7.88. The summed E-state index contributed by atoms with van der Waals surface area (Å²) in [5.74, 6) is -1.25. The first-order chi connectivity index (χ1) is 10.9. The summed E-state index contributed by atoms with van der Waals surface area (Å²) in [6.07, 6.45) is 1.25. The summed E-state index contributed by atoms with van der Waals surface area (Å²) in [7, 11) is -2.77. The molecule has 0 saturated carbocycles. The molecule has 1 N–H and O–H groups in total. The summed E-state index contributed by atoms with van der Waals surface area (Å²) in [4.78, 5) is 11.9. The molecular formula is C14H15FN2O5S. The molecule has 23 heavy (non-hydrogen) atoms. The summed E-state index contributed by atoms with van der Waals surface area (Å²) < 4.78 is 46.8. The van der Waals surface area contributed by atoms with E-state index in [9.17, 15) is 17.6 Å². The minimum absolute atomic E-state index is 0.00420. The Morgan fingerprint density at radius 2 is 2.00 bits per heavy atom. The Morgan fingerprint density at radius 1 is 1.35 bits per heavy atom. The average molecular weight is 342 g/mol. The molecule has 1 aliphatic heterocycles. The molecule has 1 aromatic carbocycles. The third-order valence-corrected chi connectivity index (χ3v) is 4.47. The molecule has 0 bridgehead atoms. The molecule has 0 aromatic heterocycles. The molecule has 0 radical (unpaired) electrons. The molecule has 0 aliphatic carbocycles. The molecule has 1 heterocycles. The topological polar surface area (TPSA) is 96.3 Å². The van der Waals surface area contributed by atoms with Gasteiger partial charge in [0.15, 0.2) is 0 Å². The molecule has 0 atom stereocenters. The fourth-order valence-electron chi connectivity index (χ4n) is 1.99. The van der Waals surface area contributed by atoms with Gasteiger partial charge >= 0.3 is 10.2 Å². The van der Waals surface area contributed by atoms with Crippen molar-refractivity contribution in [2.75, 3.05) is 26.9 Å². The zero-order chi connectivity index (χ0) is 17.0. The van der Waals surface area contributed by atoms with Crippen LogP contribution < -0.4 is 0 Å². The monoisotopic (exact) mass is 342 g/mol. The van der Waals surface area contributed by atoms with E-state index in [0.29, 0.717) is 5.56 Å². The first-order valence-electron chi connectivity index (χ1n) is 6.62. The molecule has 1 aromatic rings. The van der Waals surface area contributed by atoms with E-state index in [4.69, 9.17) is 9.84 Å². The van der Waals surface area contributed by atoms with Crippen LogP contribution in [0.25, 0.3) is 0 Å². The van der Waals surface area contributed by atoms with Crippen molar-refractivity contribution in [1.82, 2.24) is 4.31 Å². The van der Waals surface area contributed by atoms with E-state index >= 15 is 0 Å². The number of aliphatic hydroxyl groups is 1. The van der Waals surface area contributed by atoms with Crippen LogP contribution in [0.1, 0.15) is 5.56 Å². The number of rotatable bonds is 6. The lowest BCUT2D eigenvalue weighted by Gasteiger charge is -2.26. The molecule has 0 spiro atoms. The van der Waals surface area contributed by atoms with Gasteiger partial charge in [-0.2, -0.15) is 8.42 Å². The van der Waals surface area contributed by atoms with Gasteiger partial charge in [0.1, 0.15) is 18.1 Å². The minimum Gasteiger partial charge on any atom is -0.388 e. The molecule has 124 valence electrons. The van der Waals surface area contributed by atoms with Crippen LogP contribution in [0.15, 0.2) is 40.4 Å². The molecular weight excluding hydrogens is 327 g/mol. The first kappa shape index (κ1) is 17.3. The fourth-order valence-corrected chi connectivity index (χ4v) is 3.21. The molecule has 2 rings (SSSR count). The summed E-state index contributed by atoms with van der Waals surface area (Å²) >= 11 is 0. The summed E-state index contributed by atoms with van der Waals surface area (Å²) in [5.41, 5.74) is 0.124. The van der Waals surface area contributed by atoms with E-state index in [1.165, 1.54) is 25.3 Å². The Balaban J connectivity index is 2.49. The number of ketones is 1. The number of aliphatic hydroxyl groups excluding tert-OH is 1. The quantitative estimate of drug-likeness (QED) is 0.800. The number of benzene rings is 1. The van der Waals surface area contributed by atoms with Gasteiger partial charge in [0.2, 0.25) is 5.78 Å². The third-order valence-electron chi connectivity index (χ3n) is 3.10. The van der Waals surface area contributed by atoms with Crippen LogP contribution in [0.4, 0.5) is 4.39 Å². The third kappa shape index (κ3) is 3.81. The number of hydrogen-bond acceptors (Lipinski definition) is 5. The zero-order valence-corrected chi connectivity index (χ0v) is 13.1. The normalized spacial score (nSPS) is 16.7. The largest absolute Gasteiger partial charge is 0.388 e. The maximum absolute atomic E-state index is 13.0. The Kier molecular flexibility index (Phi) is 5.24. The van der Waals surface area contributed by atoms with E-state index in [2.05, 4.69) is 4.40 Å². The SMILES string of the molecule is COCCN1C(C(=O)CO)=CC(c2ccc(F)cc2)=NS1(=O)=O. The van der Waals surface area contributed by atoms with Crippen molar-refractivity contribution in [2.24, 2.45) is 4.40 Å². The van der Waals surface area contributed by atoms with Gasteiger partial charge in [-0.1, -0.05) is 0 Å². The van der Waals surface area contributed by atoms with Crippen LogP contribution in [-0.4, -0.2) is 56.2 Å². The van der Waals surface area contributed by atoms with Crippen LogP contribution in [0.2, 0.25) is 0 Å². The van der Waals surface area contributed by atoms with Crippen LogP contribution >= 0.6 is 0 Å². The number of nitrogens with zero attached hydrogens (tertiary/aromatic N) is 2. The van der Waals surface area contributed by atoms with Gasteiger partial charge in [-0.25, -0.2) is 8.70 Å². The van der Waals surface area contributed by atoms with Crippen molar-refractivity contribution in [3.63, 3.8) is 0 Å². The fraction of sp³-hybridized carbons (Fsp3) is 0.286. The predicted molar refractivity (Wildman–Crippen MR) is 80.6 cm³/mol. The molecule has 0 unspecified atom stereocenters. The Labute approximate surface area is 132 Å². The van der Waals surface area contributed by atoms with Crippen molar-refractivity contribution >= 4 is 21.7 Å². The van der Waals surface area contributed by atoms with E-state index in [1.54, 1.807) is 0 Å². The van der Waals surface area contributed by atoms with Gasteiger partial charge in [-0.05, 0) is 30.3 Å². The number of allylic oxidation sites excluding steroid dienone is 1. The molecule has 0 saturated heterocycles.